The SMILES string of the molecule is C=C1CCCC[C@]1(C)c1ccccc1Cl. The summed E-state index contributed by atoms with van der Waals surface area (Å²) in [6, 6.07) is 8.16. The lowest BCUT2D eigenvalue weighted by atomic mass is 9.68. The predicted molar refractivity (Wildman–Crippen MR) is 66.4 cm³/mol. The fourth-order valence-corrected chi connectivity index (χ4v) is 2.85. The minimum absolute atomic E-state index is 0.0938. The van der Waals surface area contributed by atoms with Crippen LogP contribution >= 0.6 is 11.6 Å². The van der Waals surface area contributed by atoms with Crippen molar-refractivity contribution >= 4 is 11.6 Å². The summed E-state index contributed by atoms with van der Waals surface area (Å²) in [4.78, 5) is 0. The number of allylic oxidation sites excluding steroid dienone is 1. The molecule has 1 aliphatic carbocycles. The maximum atomic E-state index is 6.27. The van der Waals surface area contributed by atoms with Crippen molar-refractivity contribution in [1.29, 1.82) is 0 Å². The Morgan fingerprint density at radius 1 is 1.27 bits per heavy atom. The van der Waals surface area contributed by atoms with Crippen LogP contribution in [-0.4, -0.2) is 0 Å². The van der Waals surface area contributed by atoms with Gasteiger partial charge in [-0.05, 0) is 30.9 Å². The highest BCUT2D eigenvalue weighted by atomic mass is 35.5. The van der Waals surface area contributed by atoms with Crippen LogP contribution in [-0.2, 0) is 5.41 Å². The lowest BCUT2D eigenvalue weighted by Gasteiger charge is -2.37. The number of halogens is 1. The third-order valence-corrected chi connectivity index (χ3v) is 3.98. The summed E-state index contributed by atoms with van der Waals surface area (Å²) >= 11 is 6.27. The molecule has 80 valence electrons. The molecule has 1 heteroatoms. The first-order valence-electron chi connectivity index (χ1n) is 5.58. The summed E-state index contributed by atoms with van der Waals surface area (Å²) in [6.07, 6.45) is 4.87. The molecule has 1 atom stereocenters. The third kappa shape index (κ3) is 1.83. The minimum Gasteiger partial charge on any atom is -0.0990 e. The molecule has 2 rings (SSSR count). The molecule has 0 heterocycles. The molecule has 0 bridgehead atoms. The fourth-order valence-electron chi connectivity index (χ4n) is 2.50. The van der Waals surface area contributed by atoms with E-state index >= 15 is 0 Å². The molecule has 1 fully saturated rings. The van der Waals surface area contributed by atoms with E-state index < -0.39 is 0 Å². The van der Waals surface area contributed by atoms with Crippen LogP contribution in [0.15, 0.2) is 36.4 Å². The van der Waals surface area contributed by atoms with Gasteiger partial charge < -0.3 is 0 Å². The van der Waals surface area contributed by atoms with Crippen molar-refractivity contribution in [2.75, 3.05) is 0 Å². The zero-order valence-electron chi connectivity index (χ0n) is 9.22. The lowest BCUT2D eigenvalue weighted by molar-refractivity contribution is 0.415. The monoisotopic (exact) mass is 220 g/mol. The minimum atomic E-state index is 0.0938. The Hall–Kier alpha value is -0.750. The Balaban J connectivity index is 2.44. The molecule has 0 N–H and O–H groups in total. The van der Waals surface area contributed by atoms with Gasteiger partial charge in [-0.25, -0.2) is 0 Å². The molecule has 0 aromatic heterocycles. The molecule has 1 aromatic rings. The average Bonchev–Trinajstić information content (AvgIpc) is 2.23. The molecule has 0 nitrogen and oxygen atoms in total. The molecule has 0 amide bonds. The summed E-state index contributed by atoms with van der Waals surface area (Å²) in [5.41, 5.74) is 2.68. The first kappa shape index (κ1) is 10.8. The largest absolute Gasteiger partial charge is 0.0990 e. The van der Waals surface area contributed by atoms with Gasteiger partial charge in [-0.2, -0.15) is 0 Å². The molecule has 1 aromatic carbocycles. The standard InChI is InChI=1S/C14H17Cl/c1-11-7-5-6-10-14(11,2)12-8-3-4-9-13(12)15/h3-4,8-9H,1,5-7,10H2,2H3/t14-/m0/s1. The van der Waals surface area contributed by atoms with Crippen LogP contribution in [0.5, 0.6) is 0 Å². The second-order valence-electron chi connectivity index (χ2n) is 4.62. The van der Waals surface area contributed by atoms with E-state index in [2.05, 4.69) is 25.6 Å². The normalized spacial score (nSPS) is 26.7. The Morgan fingerprint density at radius 3 is 2.67 bits per heavy atom. The van der Waals surface area contributed by atoms with E-state index in [-0.39, 0.29) is 5.41 Å². The Kier molecular flexibility index (Phi) is 2.88. The highest BCUT2D eigenvalue weighted by molar-refractivity contribution is 6.31. The zero-order chi connectivity index (χ0) is 10.9. The molecular weight excluding hydrogens is 204 g/mol. The summed E-state index contributed by atoms with van der Waals surface area (Å²) in [5, 5.41) is 0.878. The van der Waals surface area contributed by atoms with E-state index in [1.165, 1.54) is 30.4 Å². The van der Waals surface area contributed by atoms with E-state index in [9.17, 15) is 0 Å². The van der Waals surface area contributed by atoms with Crippen LogP contribution in [0.4, 0.5) is 0 Å². The Morgan fingerprint density at radius 2 is 2.00 bits per heavy atom. The van der Waals surface area contributed by atoms with Gasteiger partial charge in [-0.3, -0.25) is 0 Å². The number of benzene rings is 1. The number of rotatable bonds is 1. The maximum absolute atomic E-state index is 6.27. The predicted octanol–water partition coefficient (Wildman–Crippen LogP) is 4.73. The zero-order valence-corrected chi connectivity index (χ0v) is 9.98. The molecule has 1 aliphatic rings. The van der Waals surface area contributed by atoms with Gasteiger partial charge >= 0.3 is 0 Å². The van der Waals surface area contributed by atoms with E-state index in [0.717, 1.165) is 11.4 Å². The summed E-state index contributed by atoms with van der Waals surface area (Å²) in [6.45, 7) is 6.50. The van der Waals surface area contributed by atoms with Crippen LogP contribution in [0.3, 0.4) is 0 Å². The molecule has 0 radical (unpaired) electrons. The van der Waals surface area contributed by atoms with Gasteiger partial charge in [0.25, 0.3) is 0 Å². The average molecular weight is 221 g/mol. The van der Waals surface area contributed by atoms with Gasteiger partial charge in [0.1, 0.15) is 0 Å². The first-order valence-corrected chi connectivity index (χ1v) is 5.95. The highest BCUT2D eigenvalue weighted by Gasteiger charge is 2.33. The van der Waals surface area contributed by atoms with E-state index in [1.807, 2.05) is 12.1 Å². The molecule has 0 unspecified atom stereocenters. The quantitative estimate of drug-likeness (QED) is 0.601. The summed E-state index contributed by atoms with van der Waals surface area (Å²) in [7, 11) is 0. The van der Waals surface area contributed by atoms with E-state index in [0.29, 0.717) is 0 Å². The van der Waals surface area contributed by atoms with Gasteiger partial charge in [0.2, 0.25) is 0 Å². The molecule has 15 heavy (non-hydrogen) atoms. The number of hydrogen-bond donors (Lipinski definition) is 0. The van der Waals surface area contributed by atoms with Crippen molar-refractivity contribution < 1.29 is 0 Å². The van der Waals surface area contributed by atoms with E-state index in [1.54, 1.807) is 0 Å². The van der Waals surface area contributed by atoms with Crippen LogP contribution in [0.25, 0.3) is 0 Å². The van der Waals surface area contributed by atoms with Crippen molar-refractivity contribution in [3.8, 4) is 0 Å². The van der Waals surface area contributed by atoms with Crippen LogP contribution in [0.2, 0.25) is 5.02 Å². The molecule has 0 saturated heterocycles. The topological polar surface area (TPSA) is 0 Å². The van der Waals surface area contributed by atoms with Crippen molar-refractivity contribution in [3.63, 3.8) is 0 Å². The van der Waals surface area contributed by atoms with Crippen LogP contribution in [0, 0.1) is 0 Å². The second kappa shape index (κ2) is 4.02. The van der Waals surface area contributed by atoms with Crippen LogP contribution in [0.1, 0.15) is 38.2 Å². The second-order valence-corrected chi connectivity index (χ2v) is 5.03. The molecule has 0 aliphatic heterocycles. The number of hydrogen-bond acceptors (Lipinski definition) is 0. The van der Waals surface area contributed by atoms with Crippen molar-refractivity contribution in [3.05, 3.63) is 47.0 Å². The van der Waals surface area contributed by atoms with Gasteiger partial charge in [0.05, 0.1) is 0 Å². The Bertz CT molecular complexity index is 381. The molecule has 0 spiro atoms. The van der Waals surface area contributed by atoms with Crippen molar-refractivity contribution in [1.82, 2.24) is 0 Å². The summed E-state index contributed by atoms with van der Waals surface area (Å²) < 4.78 is 0. The van der Waals surface area contributed by atoms with E-state index in [4.69, 9.17) is 11.6 Å². The van der Waals surface area contributed by atoms with Crippen molar-refractivity contribution in [2.45, 2.75) is 38.0 Å². The highest BCUT2D eigenvalue weighted by Crippen LogP contribution is 2.44. The lowest BCUT2D eigenvalue weighted by Crippen LogP contribution is -2.27. The van der Waals surface area contributed by atoms with Gasteiger partial charge in [0.15, 0.2) is 0 Å². The van der Waals surface area contributed by atoms with Gasteiger partial charge in [-0.1, -0.05) is 55.3 Å². The molecular formula is C14H17Cl. The van der Waals surface area contributed by atoms with Gasteiger partial charge in [-0.15, -0.1) is 0 Å². The molecule has 1 saturated carbocycles. The van der Waals surface area contributed by atoms with Crippen molar-refractivity contribution in [2.24, 2.45) is 0 Å². The van der Waals surface area contributed by atoms with Gasteiger partial charge in [0, 0.05) is 10.4 Å². The third-order valence-electron chi connectivity index (χ3n) is 3.65. The Labute approximate surface area is 97.0 Å². The summed E-state index contributed by atoms with van der Waals surface area (Å²) in [5.74, 6) is 0. The smallest absolute Gasteiger partial charge is 0.0446 e. The first-order chi connectivity index (χ1) is 7.14. The fraction of sp³-hybridized carbons (Fsp3) is 0.429. The maximum Gasteiger partial charge on any atom is 0.0446 e. The van der Waals surface area contributed by atoms with Crippen LogP contribution < -0.4 is 0 Å².